The van der Waals surface area contributed by atoms with Crippen LogP contribution in [0.4, 0.5) is 5.69 Å². The predicted octanol–water partition coefficient (Wildman–Crippen LogP) is 5.39. The summed E-state index contributed by atoms with van der Waals surface area (Å²) >= 11 is 1.65. The lowest BCUT2D eigenvalue weighted by Crippen LogP contribution is -2.58. The molecule has 2 aliphatic carbocycles. The van der Waals surface area contributed by atoms with Crippen LogP contribution in [0.2, 0.25) is 0 Å². The van der Waals surface area contributed by atoms with E-state index >= 15 is 4.79 Å². The van der Waals surface area contributed by atoms with Crippen molar-refractivity contribution in [3.8, 4) is 11.5 Å². The first-order chi connectivity index (χ1) is 30.0. The number of hydrogen-bond donors (Lipinski definition) is 4. The van der Waals surface area contributed by atoms with Crippen LogP contribution < -0.4 is 30.6 Å². The smallest absolute Gasteiger partial charge is 0.259 e. The number of pyridine rings is 1. The molecule has 1 aromatic heterocycles. The van der Waals surface area contributed by atoms with Crippen molar-refractivity contribution in [1.82, 2.24) is 19.9 Å². The summed E-state index contributed by atoms with van der Waals surface area (Å²) in [6, 6.07) is 10.5. The number of aliphatic imine (C=N–C) groups is 1. The highest BCUT2D eigenvalue weighted by atomic mass is 32.2. The van der Waals surface area contributed by atoms with Crippen LogP contribution in [0, 0.1) is 18.8 Å². The van der Waals surface area contributed by atoms with Crippen LogP contribution in [-0.2, 0) is 24.4 Å². The molecule has 0 spiro atoms. The van der Waals surface area contributed by atoms with Gasteiger partial charge in [-0.05, 0) is 88.6 Å². The van der Waals surface area contributed by atoms with Crippen molar-refractivity contribution in [2.24, 2.45) is 22.6 Å². The molecule has 63 heavy (non-hydrogen) atoms. The number of aromatic nitrogens is 1. The summed E-state index contributed by atoms with van der Waals surface area (Å²) in [5, 5.41) is 7.84. The summed E-state index contributed by atoms with van der Waals surface area (Å²) in [5.41, 5.74) is 7.04. The highest BCUT2D eigenvalue weighted by Gasteiger charge is 2.63. The van der Waals surface area contributed by atoms with E-state index in [-0.39, 0.29) is 36.9 Å². The van der Waals surface area contributed by atoms with Crippen molar-refractivity contribution < 1.29 is 37.1 Å². The number of sulfonamides is 1. The van der Waals surface area contributed by atoms with E-state index in [2.05, 4.69) is 29.2 Å². The van der Waals surface area contributed by atoms with E-state index in [1.165, 1.54) is 4.90 Å². The molecule has 3 aromatic rings. The second kappa shape index (κ2) is 17.4. The van der Waals surface area contributed by atoms with Crippen LogP contribution in [0.25, 0.3) is 10.9 Å². The predicted molar refractivity (Wildman–Crippen MR) is 243 cm³/mol. The van der Waals surface area contributed by atoms with Crippen molar-refractivity contribution in [3.63, 3.8) is 0 Å². The lowest BCUT2D eigenvalue weighted by Gasteiger charge is -2.30. The molecule has 0 bridgehead atoms. The summed E-state index contributed by atoms with van der Waals surface area (Å²) < 4.78 is 40.5. The Balaban J connectivity index is 1.15. The van der Waals surface area contributed by atoms with E-state index in [0.29, 0.717) is 66.4 Å². The van der Waals surface area contributed by atoms with Crippen molar-refractivity contribution in [3.05, 3.63) is 71.4 Å². The number of nitrogens with zero attached hydrogens (tertiary/aromatic N) is 3. The van der Waals surface area contributed by atoms with Crippen molar-refractivity contribution in [1.29, 1.82) is 0 Å². The SMILES string of the molecule is COc1ccc2c(O[C@@H]3C[C@H]4C(=O)N[C@]5(C(=O)NS(=O)(=O)C6(C)CC6)C[C@H]5/C=C\CCCCC[C@H](Nc5cccc(C(N)=O)c5)C(=O)N4C3)cc(C3=NC(C(C)C)CS3)nc2c1C. The minimum Gasteiger partial charge on any atom is -0.496 e. The fourth-order valence-corrected chi connectivity index (χ4v) is 11.3. The maximum absolute atomic E-state index is 15.0. The number of fused-ring (bicyclic) bond motifs is 3. The van der Waals surface area contributed by atoms with Crippen molar-refractivity contribution in [2.75, 3.05) is 24.7 Å². The highest BCUT2D eigenvalue weighted by molar-refractivity contribution is 8.14. The maximum Gasteiger partial charge on any atom is 0.259 e. The number of ether oxygens (including phenoxy) is 2. The number of allylic oxidation sites excluding steroid dienone is 1. The van der Waals surface area contributed by atoms with Crippen LogP contribution in [0.3, 0.4) is 0 Å². The Hall–Kier alpha value is -5.16. The largest absolute Gasteiger partial charge is 0.496 e. The number of aryl methyl sites for hydroxylation is 1. The quantitative estimate of drug-likeness (QED) is 0.179. The van der Waals surface area contributed by atoms with Gasteiger partial charge in [-0.25, -0.2) is 13.4 Å². The van der Waals surface area contributed by atoms with Gasteiger partial charge in [0.15, 0.2) is 0 Å². The molecule has 2 saturated carbocycles. The third-order valence-electron chi connectivity index (χ3n) is 13.3. The molecule has 3 fully saturated rings. The number of primary amides is 1. The highest BCUT2D eigenvalue weighted by Crippen LogP contribution is 2.48. The summed E-state index contributed by atoms with van der Waals surface area (Å²) in [5.74, 6) is -0.407. The average molecular weight is 900 g/mol. The van der Waals surface area contributed by atoms with E-state index in [4.69, 9.17) is 25.2 Å². The molecule has 1 unspecified atom stereocenters. The molecule has 5 aliphatic rings. The van der Waals surface area contributed by atoms with E-state index < -0.39 is 62.1 Å². The van der Waals surface area contributed by atoms with E-state index in [0.717, 1.165) is 34.6 Å². The van der Waals surface area contributed by atoms with Crippen LogP contribution in [0.15, 0.2) is 59.6 Å². The third kappa shape index (κ3) is 9.00. The number of rotatable bonds is 11. The van der Waals surface area contributed by atoms with Crippen molar-refractivity contribution in [2.45, 2.75) is 120 Å². The molecule has 2 aromatic carbocycles. The van der Waals surface area contributed by atoms with Crippen LogP contribution in [-0.4, -0.2) is 101 Å². The number of amides is 4. The average Bonchev–Trinajstić information content (AvgIpc) is 4.02. The number of thioether (sulfide) groups is 1. The summed E-state index contributed by atoms with van der Waals surface area (Å²) in [4.78, 5) is 67.6. The Kier molecular flexibility index (Phi) is 12.3. The first-order valence-electron chi connectivity index (χ1n) is 21.9. The zero-order chi connectivity index (χ0) is 44.8. The van der Waals surface area contributed by atoms with Crippen LogP contribution in [0.5, 0.6) is 11.5 Å². The van der Waals surface area contributed by atoms with Gasteiger partial charge >= 0.3 is 0 Å². The number of carbonyl (C=O) groups excluding carboxylic acids is 4. The van der Waals surface area contributed by atoms with Gasteiger partial charge in [0.2, 0.25) is 27.7 Å². The molecule has 8 rings (SSSR count). The van der Waals surface area contributed by atoms with E-state index in [9.17, 15) is 22.8 Å². The number of methoxy groups -OCH3 is 1. The van der Waals surface area contributed by atoms with Gasteiger partial charge in [0.1, 0.15) is 40.3 Å². The first-order valence-corrected chi connectivity index (χ1v) is 24.4. The molecule has 15 nitrogen and oxygen atoms in total. The van der Waals surface area contributed by atoms with Gasteiger partial charge in [0.25, 0.3) is 5.91 Å². The number of anilines is 1. The number of nitrogens with one attached hydrogen (secondary N) is 3. The van der Waals surface area contributed by atoms with Crippen LogP contribution in [0.1, 0.15) is 100 Å². The van der Waals surface area contributed by atoms with Crippen molar-refractivity contribution >= 4 is 67.0 Å². The Morgan fingerprint density at radius 1 is 1.08 bits per heavy atom. The Morgan fingerprint density at radius 3 is 2.59 bits per heavy atom. The summed E-state index contributed by atoms with van der Waals surface area (Å²) in [6.45, 7) is 7.86. The van der Waals surface area contributed by atoms with E-state index in [1.807, 2.05) is 37.3 Å². The van der Waals surface area contributed by atoms with Gasteiger partial charge in [-0.3, -0.25) is 28.9 Å². The van der Waals surface area contributed by atoms with Gasteiger partial charge in [-0.2, -0.15) is 0 Å². The maximum atomic E-state index is 15.0. The molecule has 4 amide bonds. The van der Waals surface area contributed by atoms with Crippen LogP contribution >= 0.6 is 11.8 Å². The fraction of sp³-hybridized carbons (Fsp3) is 0.522. The van der Waals surface area contributed by atoms with Gasteiger partial charge in [-0.1, -0.05) is 44.9 Å². The number of nitrogens with two attached hydrogens (primary N) is 1. The normalized spacial score (nSPS) is 27.6. The van der Waals surface area contributed by atoms with Gasteiger partial charge in [-0.15, -0.1) is 11.8 Å². The number of hydrogen-bond acceptors (Lipinski definition) is 12. The molecule has 1 saturated heterocycles. The molecule has 5 N–H and O–H groups in total. The zero-order valence-corrected chi connectivity index (χ0v) is 38.1. The molecule has 17 heteroatoms. The first kappa shape index (κ1) is 44.4. The molecule has 4 heterocycles. The summed E-state index contributed by atoms with van der Waals surface area (Å²) in [7, 11) is -2.40. The summed E-state index contributed by atoms with van der Waals surface area (Å²) in [6.07, 6.45) is 7.81. The fourth-order valence-electron chi connectivity index (χ4n) is 8.77. The minimum absolute atomic E-state index is 0.0328. The monoisotopic (exact) mass is 899 g/mol. The Labute approximate surface area is 372 Å². The second-order valence-corrected chi connectivity index (χ2v) is 21.4. The topological polar surface area (TPSA) is 211 Å². The number of carbonyl (C=O) groups is 4. The minimum atomic E-state index is -4.01. The molecular formula is C46H57N7O8S2. The third-order valence-corrected chi connectivity index (χ3v) is 16.5. The number of benzene rings is 2. The molecule has 0 radical (unpaired) electrons. The Bertz CT molecular complexity index is 2510. The molecule has 6 atom stereocenters. The molecular weight excluding hydrogens is 843 g/mol. The second-order valence-electron chi connectivity index (χ2n) is 18.2. The lowest BCUT2D eigenvalue weighted by atomic mass is 10.0. The van der Waals surface area contributed by atoms with E-state index in [1.54, 1.807) is 50.1 Å². The van der Waals surface area contributed by atoms with Gasteiger partial charge < -0.3 is 30.7 Å². The Morgan fingerprint density at radius 2 is 1.87 bits per heavy atom. The lowest BCUT2D eigenvalue weighted by molar-refractivity contribution is -0.140. The molecule has 3 aliphatic heterocycles. The molecule has 336 valence electrons. The zero-order valence-electron chi connectivity index (χ0n) is 36.4. The standard InChI is InChI=1S/C46H57N7O8S2/c1-26(2)35-25-62-42(50-35)34-22-38(32-16-17-37(60-5)27(3)39(32)49-34)61-31-21-36-41(55)51-46(44(57)52-63(58,59)45(4)18-19-45)23-29(46)13-9-7-6-8-10-15-33(43(56)53(36)24-31)48-30-14-11-12-28(20-30)40(47)54/h9,11-14,16-17,20,22,26,29,31,33,35-36,48H,6-8,10,15,18-19,21,23-25H2,1-5H3,(H2,47,54)(H,51,55)(H,52,57)/b13-9-/t29-,31-,33+,35?,36+,46-/m1/s1. The van der Waals surface area contributed by atoms with Gasteiger partial charge in [0.05, 0.1) is 35.7 Å². The van der Waals surface area contributed by atoms with Gasteiger partial charge in [0, 0.05) is 46.4 Å².